The second-order valence-electron chi connectivity index (χ2n) is 10.8. The lowest BCUT2D eigenvalue weighted by molar-refractivity contribution is -0.145. The molecule has 1 amide bonds. The lowest BCUT2D eigenvalue weighted by atomic mass is 9.84. The lowest BCUT2D eigenvalue weighted by Gasteiger charge is -2.23. The zero-order chi connectivity index (χ0) is 26.4. The van der Waals surface area contributed by atoms with Crippen LogP contribution in [0, 0.1) is 0 Å². The summed E-state index contributed by atoms with van der Waals surface area (Å²) < 4.78 is 10.7. The van der Waals surface area contributed by atoms with Crippen LogP contribution in [-0.2, 0) is 20.7 Å². The Morgan fingerprint density at radius 2 is 1.70 bits per heavy atom. The van der Waals surface area contributed by atoms with Crippen LogP contribution in [0.5, 0.6) is 0 Å². The average molecular weight is 505 g/mol. The topological polar surface area (TPSA) is 97.5 Å². The monoisotopic (exact) mass is 504 g/mol. The number of benzene rings is 2. The van der Waals surface area contributed by atoms with Gasteiger partial charge in [-0.3, -0.25) is 4.79 Å². The molecule has 1 aromatic heterocycles. The molecule has 1 aliphatic carbocycles. The summed E-state index contributed by atoms with van der Waals surface area (Å²) in [4.78, 5) is 41.5. The highest BCUT2D eigenvalue weighted by atomic mass is 16.6. The Morgan fingerprint density at radius 3 is 2.41 bits per heavy atom. The third kappa shape index (κ3) is 7.21. The number of para-hydroxylation sites is 1. The molecule has 3 aromatic rings. The molecule has 1 heterocycles. The molecule has 1 saturated carbocycles. The van der Waals surface area contributed by atoms with Gasteiger partial charge in [-0.1, -0.05) is 61.7 Å². The zero-order valence-corrected chi connectivity index (χ0v) is 21.8. The van der Waals surface area contributed by atoms with E-state index >= 15 is 0 Å². The van der Waals surface area contributed by atoms with Crippen LogP contribution in [0.2, 0.25) is 0 Å². The summed E-state index contributed by atoms with van der Waals surface area (Å²) in [5, 5.41) is 3.57. The van der Waals surface area contributed by atoms with Crippen molar-refractivity contribution in [2.75, 3.05) is 6.61 Å². The molecule has 2 aromatic carbocycles. The number of fused-ring (bicyclic) bond motifs is 1. The highest BCUT2D eigenvalue weighted by Gasteiger charge is 2.27. The van der Waals surface area contributed by atoms with Gasteiger partial charge in [-0.05, 0) is 56.7 Å². The maximum absolute atomic E-state index is 13.0. The zero-order valence-electron chi connectivity index (χ0n) is 21.8. The number of carbonyl (C=O) groups is 3. The van der Waals surface area contributed by atoms with E-state index in [1.165, 1.54) is 37.7 Å². The molecule has 0 spiro atoms. The summed E-state index contributed by atoms with van der Waals surface area (Å²) >= 11 is 0. The van der Waals surface area contributed by atoms with E-state index in [1.807, 2.05) is 48.5 Å². The van der Waals surface area contributed by atoms with Crippen molar-refractivity contribution in [2.24, 2.45) is 0 Å². The Labute approximate surface area is 217 Å². The van der Waals surface area contributed by atoms with Crippen molar-refractivity contribution >= 4 is 28.7 Å². The van der Waals surface area contributed by atoms with E-state index in [4.69, 9.17) is 9.47 Å². The van der Waals surface area contributed by atoms with Crippen molar-refractivity contribution in [3.8, 4) is 0 Å². The van der Waals surface area contributed by atoms with Crippen LogP contribution >= 0.6 is 0 Å². The van der Waals surface area contributed by atoms with Crippen molar-refractivity contribution < 1.29 is 23.9 Å². The molecule has 37 heavy (non-hydrogen) atoms. The number of Topliss-reactive ketones (excluding diaryl/α,β-unsaturated/α-hetero) is 1. The number of rotatable bonds is 8. The number of hydrogen-bond acceptors (Lipinski definition) is 5. The number of aromatic nitrogens is 1. The van der Waals surface area contributed by atoms with Crippen LogP contribution in [0.25, 0.3) is 10.9 Å². The van der Waals surface area contributed by atoms with E-state index in [1.54, 1.807) is 27.0 Å². The number of carbonyl (C=O) groups excluding carboxylic acids is 3. The number of esters is 1. The van der Waals surface area contributed by atoms with Crippen molar-refractivity contribution in [3.05, 3.63) is 71.4 Å². The minimum atomic E-state index is -1.02. The number of nitrogens with one attached hydrogen (secondary N) is 2. The molecule has 0 unspecified atom stereocenters. The van der Waals surface area contributed by atoms with Crippen molar-refractivity contribution in [3.63, 3.8) is 0 Å². The molecule has 7 heteroatoms. The highest BCUT2D eigenvalue weighted by molar-refractivity contribution is 5.98. The second-order valence-corrected chi connectivity index (χ2v) is 10.8. The van der Waals surface area contributed by atoms with Crippen LogP contribution in [0.3, 0.4) is 0 Å². The maximum Gasteiger partial charge on any atom is 0.408 e. The second kappa shape index (κ2) is 11.6. The fraction of sp³-hybridized carbons (Fsp3) is 0.433. The van der Waals surface area contributed by atoms with Crippen molar-refractivity contribution in [2.45, 2.75) is 76.9 Å². The van der Waals surface area contributed by atoms with Crippen LogP contribution in [0.4, 0.5) is 4.79 Å². The molecular formula is C30H36N2O5. The summed E-state index contributed by atoms with van der Waals surface area (Å²) in [5.74, 6) is -0.421. The number of ketones is 1. The molecule has 0 aliphatic heterocycles. The molecule has 1 fully saturated rings. The summed E-state index contributed by atoms with van der Waals surface area (Å²) in [7, 11) is 0. The number of hydrogen-bond donors (Lipinski definition) is 2. The number of alkyl carbamates (subject to hydrolysis) is 1. The quantitative estimate of drug-likeness (QED) is 0.286. The van der Waals surface area contributed by atoms with Crippen LogP contribution in [0.1, 0.15) is 80.3 Å². The molecule has 1 atom stereocenters. The largest absolute Gasteiger partial charge is 0.456 e. The predicted octanol–water partition coefficient (Wildman–Crippen LogP) is 6.08. The SMILES string of the molecule is CC(C)(C)OC(=O)N[C@@H](Cc1c[nH]c2ccccc12)C(=O)OCC(=O)c1ccc(C2CCCCC2)cc1. The van der Waals surface area contributed by atoms with Gasteiger partial charge in [-0.25, -0.2) is 9.59 Å². The van der Waals surface area contributed by atoms with Crippen molar-refractivity contribution in [1.82, 2.24) is 10.3 Å². The first kappa shape index (κ1) is 26.5. The van der Waals surface area contributed by atoms with E-state index in [0.717, 1.165) is 16.5 Å². The van der Waals surface area contributed by atoms with Gasteiger partial charge in [0.25, 0.3) is 0 Å². The molecule has 1 aliphatic rings. The Kier molecular flexibility index (Phi) is 8.31. The molecule has 196 valence electrons. The molecule has 0 radical (unpaired) electrons. The predicted molar refractivity (Wildman–Crippen MR) is 143 cm³/mol. The van der Waals surface area contributed by atoms with Gasteiger partial charge < -0.3 is 19.8 Å². The molecule has 4 rings (SSSR count). The Hall–Kier alpha value is -3.61. The summed E-state index contributed by atoms with van der Waals surface area (Å²) in [6.07, 6.45) is 7.44. The fourth-order valence-corrected chi connectivity index (χ4v) is 4.86. The fourth-order valence-electron chi connectivity index (χ4n) is 4.86. The highest BCUT2D eigenvalue weighted by Crippen LogP contribution is 2.32. The van der Waals surface area contributed by atoms with Gasteiger partial charge in [0.15, 0.2) is 12.4 Å². The van der Waals surface area contributed by atoms with E-state index in [9.17, 15) is 14.4 Å². The molecule has 0 bridgehead atoms. The lowest BCUT2D eigenvalue weighted by Crippen LogP contribution is -2.45. The standard InChI is InChI=1S/C30H36N2O5/c1-30(2,3)37-29(35)32-26(17-23-18-31-25-12-8-7-11-24(23)25)28(34)36-19-27(33)22-15-13-21(14-16-22)20-9-5-4-6-10-20/h7-8,11-16,18,20,26,31H,4-6,9-10,17,19H2,1-3H3,(H,32,35)/t26-/m0/s1. The van der Waals surface area contributed by atoms with Crippen LogP contribution < -0.4 is 5.32 Å². The van der Waals surface area contributed by atoms with Crippen molar-refractivity contribution in [1.29, 1.82) is 0 Å². The van der Waals surface area contributed by atoms with E-state index in [-0.39, 0.29) is 12.2 Å². The van der Waals surface area contributed by atoms with E-state index in [2.05, 4.69) is 10.3 Å². The van der Waals surface area contributed by atoms with Gasteiger partial charge in [0, 0.05) is 29.1 Å². The van der Waals surface area contributed by atoms with Gasteiger partial charge in [0.05, 0.1) is 0 Å². The first-order chi connectivity index (χ1) is 17.7. The smallest absolute Gasteiger partial charge is 0.408 e. The number of H-pyrrole nitrogens is 1. The average Bonchev–Trinajstić information content (AvgIpc) is 3.29. The summed E-state index contributed by atoms with van der Waals surface area (Å²) in [6, 6.07) is 14.3. The molecule has 2 N–H and O–H groups in total. The normalized spacial score (nSPS) is 15.2. The van der Waals surface area contributed by atoms with E-state index in [0.29, 0.717) is 11.5 Å². The minimum absolute atomic E-state index is 0.187. The third-order valence-corrected chi connectivity index (χ3v) is 6.73. The number of amides is 1. The van der Waals surface area contributed by atoms with Gasteiger partial charge in [-0.15, -0.1) is 0 Å². The van der Waals surface area contributed by atoms with E-state index < -0.39 is 30.3 Å². The van der Waals surface area contributed by atoms with Gasteiger partial charge in [0.1, 0.15) is 11.6 Å². The first-order valence-electron chi connectivity index (χ1n) is 13.0. The molecule has 7 nitrogen and oxygen atoms in total. The first-order valence-corrected chi connectivity index (χ1v) is 13.0. The van der Waals surface area contributed by atoms with Crippen LogP contribution in [-0.4, -0.2) is 41.1 Å². The third-order valence-electron chi connectivity index (χ3n) is 6.73. The Morgan fingerprint density at radius 1 is 1.00 bits per heavy atom. The van der Waals surface area contributed by atoms with Gasteiger partial charge in [-0.2, -0.15) is 0 Å². The summed E-state index contributed by atoms with van der Waals surface area (Å²) in [5.41, 5.74) is 2.81. The minimum Gasteiger partial charge on any atom is -0.456 e. The summed E-state index contributed by atoms with van der Waals surface area (Å²) in [6.45, 7) is 4.84. The molecule has 0 saturated heterocycles. The Bertz CT molecular complexity index is 1230. The van der Waals surface area contributed by atoms with Crippen LogP contribution in [0.15, 0.2) is 54.7 Å². The van der Waals surface area contributed by atoms with Gasteiger partial charge in [0.2, 0.25) is 0 Å². The number of ether oxygens (including phenoxy) is 2. The van der Waals surface area contributed by atoms with Gasteiger partial charge >= 0.3 is 12.1 Å². The maximum atomic E-state index is 13.0. The number of aromatic amines is 1. The Balaban J connectivity index is 1.41. The molecular weight excluding hydrogens is 468 g/mol.